The zero-order chi connectivity index (χ0) is 12.6. The van der Waals surface area contributed by atoms with E-state index in [9.17, 15) is 4.79 Å². The highest BCUT2D eigenvalue weighted by molar-refractivity contribution is 5.97. The first kappa shape index (κ1) is 11.7. The van der Waals surface area contributed by atoms with E-state index in [4.69, 9.17) is 5.26 Å². The van der Waals surface area contributed by atoms with Gasteiger partial charge in [0.15, 0.2) is 0 Å². The summed E-state index contributed by atoms with van der Waals surface area (Å²) in [5, 5.41) is 9.00. The Kier molecular flexibility index (Phi) is 2.89. The largest absolute Gasteiger partial charge is 0.308 e. The highest BCUT2D eigenvalue weighted by Gasteiger charge is 2.38. The summed E-state index contributed by atoms with van der Waals surface area (Å²) >= 11 is 0. The highest BCUT2D eigenvalue weighted by Crippen LogP contribution is 2.32. The van der Waals surface area contributed by atoms with Gasteiger partial charge >= 0.3 is 0 Å². The zero-order valence-electron chi connectivity index (χ0n) is 10.4. The number of nitriles is 1. The molecule has 1 amide bonds. The number of carbonyl (C=O) groups excluding carboxylic acids is 1. The molecule has 3 heteroatoms. The summed E-state index contributed by atoms with van der Waals surface area (Å²) in [4.78, 5) is 13.7. The summed E-state index contributed by atoms with van der Waals surface area (Å²) in [7, 11) is 0. The Bertz CT molecular complexity index is 501. The van der Waals surface area contributed by atoms with Gasteiger partial charge in [-0.15, -0.1) is 0 Å². The standard InChI is InChI=1S/C14H16N2O/c1-9-4-5-13(10(2)6-9)16-11(3)12(8-15)7-14(16)17/h4-6,11-12H,7H2,1-3H3. The number of amides is 1. The van der Waals surface area contributed by atoms with E-state index in [0.29, 0.717) is 6.42 Å². The molecular weight excluding hydrogens is 212 g/mol. The van der Waals surface area contributed by atoms with E-state index in [1.807, 2.05) is 32.9 Å². The number of nitrogens with zero attached hydrogens (tertiary/aromatic N) is 2. The van der Waals surface area contributed by atoms with Crippen molar-refractivity contribution < 1.29 is 4.79 Å². The van der Waals surface area contributed by atoms with Gasteiger partial charge in [-0.05, 0) is 32.4 Å². The fourth-order valence-corrected chi connectivity index (χ4v) is 2.45. The molecule has 1 heterocycles. The van der Waals surface area contributed by atoms with Crippen LogP contribution >= 0.6 is 0 Å². The molecule has 0 spiro atoms. The fraction of sp³-hybridized carbons (Fsp3) is 0.429. The molecule has 88 valence electrons. The predicted octanol–water partition coefficient (Wildman–Crippen LogP) is 2.57. The molecule has 1 saturated heterocycles. The molecule has 1 aromatic carbocycles. The van der Waals surface area contributed by atoms with E-state index in [0.717, 1.165) is 11.3 Å². The first-order valence-corrected chi connectivity index (χ1v) is 5.83. The average Bonchev–Trinajstić information content (AvgIpc) is 2.55. The van der Waals surface area contributed by atoms with E-state index in [1.54, 1.807) is 4.90 Å². The van der Waals surface area contributed by atoms with Gasteiger partial charge in [0.2, 0.25) is 5.91 Å². The van der Waals surface area contributed by atoms with Crippen LogP contribution in [0, 0.1) is 31.1 Å². The molecule has 0 bridgehead atoms. The molecular formula is C14H16N2O. The number of hydrogen-bond donors (Lipinski definition) is 0. The average molecular weight is 228 g/mol. The first-order chi connectivity index (χ1) is 8.04. The molecule has 17 heavy (non-hydrogen) atoms. The predicted molar refractivity (Wildman–Crippen MR) is 66.6 cm³/mol. The van der Waals surface area contributed by atoms with Crippen molar-refractivity contribution in [2.24, 2.45) is 5.92 Å². The second kappa shape index (κ2) is 4.21. The van der Waals surface area contributed by atoms with Crippen molar-refractivity contribution in [3.8, 4) is 6.07 Å². The lowest BCUT2D eigenvalue weighted by molar-refractivity contribution is -0.117. The van der Waals surface area contributed by atoms with Crippen molar-refractivity contribution in [3.05, 3.63) is 29.3 Å². The molecule has 2 rings (SSSR count). The maximum Gasteiger partial charge on any atom is 0.228 e. The van der Waals surface area contributed by atoms with Gasteiger partial charge in [-0.25, -0.2) is 0 Å². The Morgan fingerprint density at radius 3 is 2.65 bits per heavy atom. The third-order valence-electron chi connectivity index (χ3n) is 3.43. The topological polar surface area (TPSA) is 44.1 Å². The van der Waals surface area contributed by atoms with Crippen LogP contribution in [0.1, 0.15) is 24.5 Å². The summed E-state index contributed by atoms with van der Waals surface area (Å²) < 4.78 is 0. The number of rotatable bonds is 1. The molecule has 1 fully saturated rings. The Balaban J connectivity index is 2.41. The summed E-state index contributed by atoms with van der Waals surface area (Å²) in [6, 6.07) is 8.22. The van der Waals surface area contributed by atoms with E-state index in [1.165, 1.54) is 5.56 Å². The number of carbonyl (C=O) groups is 1. The van der Waals surface area contributed by atoms with Crippen LogP contribution in [-0.4, -0.2) is 11.9 Å². The number of anilines is 1. The van der Waals surface area contributed by atoms with Crippen molar-refractivity contribution in [2.45, 2.75) is 33.2 Å². The molecule has 2 atom stereocenters. The van der Waals surface area contributed by atoms with Crippen molar-refractivity contribution in [3.63, 3.8) is 0 Å². The van der Waals surface area contributed by atoms with Crippen LogP contribution in [0.15, 0.2) is 18.2 Å². The normalized spacial score (nSPS) is 23.9. The van der Waals surface area contributed by atoms with Gasteiger partial charge in [-0.3, -0.25) is 4.79 Å². The summed E-state index contributed by atoms with van der Waals surface area (Å²) in [5.74, 6) is -0.140. The van der Waals surface area contributed by atoms with Crippen LogP contribution in [-0.2, 0) is 4.79 Å². The van der Waals surface area contributed by atoms with Crippen molar-refractivity contribution in [2.75, 3.05) is 4.90 Å². The number of benzene rings is 1. The lowest BCUT2D eigenvalue weighted by Gasteiger charge is -2.24. The molecule has 1 aromatic rings. The lowest BCUT2D eigenvalue weighted by atomic mass is 10.0. The summed E-state index contributed by atoms with van der Waals surface area (Å²) in [6.45, 7) is 5.98. The van der Waals surface area contributed by atoms with Crippen LogP contribution in [0.2, 0.25) is 0 Å². The number of hydrogen-bond acceptors (Lipinski definition) is 2. The molecule has 0 aliphatic carbocycles. The SMILES string of the molecule is Cc1ccc(N2C(=O)CC(C#N)C2C)c(C)c1. The Morgan fingerprint density at radius 2 is 2.12 bits per heavy atom. The van der Waals surface area contributed by atoms with Gasteiger partial charge in [0.1, 0.15) is 0 Å². The van der Waals surface area contributed by atoms with Crippen LogP contribution in [0.25, 0.3) is 0 Å². The fourth-order valence-electron chi connectivity index (χ4n) is 2.45. The molecule has 1 aliphatic rings. The lowest BCUT2D eigenvalue weighted by Crippen LogP contribution is -2.33. The van der Waals surface area contributed by atoms with Crippen LogP contribution in [0.3, 0.4) is 0 Å². The smallest absolute Gasteiger partial charge is 0.228 e. The highest BCUT2D eigenvalue weighted by atomic mass is 16.2. The molecule has 3 nitrogen and oxygen atoms in total. The Labute approximate surface area is 102 Å². The zero-order valence-corrected chi connectivity index (χ0v) is 10.4. The molecule has 0 radical (unpaired) electrons. The second-order valence-electron chi connectivity index (χ2n) is 4.73. The van der Waals surface area contributed by atoms with Gasteiger partial charge in [-0.1, -0.05) is 17.7 Å². The molecule has 0 saturated carbocycles. The summed E-state index contributed by atoms with van der Waals surface area (Å²) in [6.07, 6.45) is 0.338. The van der Waals surface area contributed by atoms with Gasteiger partial charge in [0, 0.05) is 12.1 Å². The maximum atomic E-state index is 12.0. The van der Waals surface area contributed by atoms with E-state index < -0.39 is 0 Å². The monoisotopic (exact) mass is 228 g/mol. The van der Waals surface area contributed by atoms with Crippen LogP contribution < -0.4 is 4.90 Å². The third-order valence-corrected chi connectivity index (χ3v) is 3.43. The van der Waals surface area contributed by atoms with Crippen molar-refractivity contribution >= 4 is 11.6 Å². The second-order valence-corrected chi connectivity index (χ2v) is 4.73. The van der Waals surface area contributed by atoms with Gasteiger partial charge in [0.05, 0.1) is 18.0 Å². The van der Waals surface area contributed by atoms with Crippen molar-refractivity contribution in [1.82, 2.24) is 0 Å². The minimum Gasteiger partial charge on any atom is -0.308 e. The van der Waals surface area contributed by atoms with Gasteiger partial charge < -0.3 is 4.90 Å². The molecule has 1 aliphatic heterocycles. The molecule has 0 N–H and O–H groups in total. The summed E-state index contributed by atoms with van der Waals surface area (Å²) in [5.41, 5.74) is 3.21. The molecule has 2 unspecified atom stereocenters. The van der Waals surface area contributed by atoms with E-state index in [-0.39, 0.29) is 17.9 Å². The van der Waals surface area contributed by atoms with Crippen LogP contribution in [0.4, 0.5) is 5.69 Å². The van der Waals surface area contributed by atoms with Gasteiger partial charge in [-0.2, -0.15) is 5.26 Å². The van der Waals surface area contributed by atoms with Crippen molar-refractivity contribution in [1.29, 1.82) is 5.26 Å². The Hall–Kier alpha value is -1.82. The van der Waals surface area contributed by atoms with Gasteiger partial charge in [0.25, 0.3) is 0 Å². The Morgan fingerprint density at radius 1 is 1.41 bits per heavy atom. The van der Waals surface area contributed by atoms with E-state index in [2.05, 4.69) is 12.1 Å². The maximum absolute atomic E-state index is 12.0. The minimum atomic E-state index is -0.191. The first-order valence-electron chi connectivity index (χ1n) is 5.83. The number of aryl methyl sites for hydroxylation is 2. The molecule has 0 aromatic heterocycles. The van der Waals surface area contributed by atoms with E-state index >= 15 is 0 Å². The minimum absolute atomic E-state index is 0.0334. The quantitative estimate of drug-likeness (QED) is 0.741. The van der Waals surface area contributed by atoms with Crippen LogP contribution in [0.5, 0.6) is 0 Å². The third kappa shape index (κ3) is 1.91.